The second-order valence-corrected chi connectivity index (χ2v) is 2.28. The lowest BCUT2D eigenvalue weighted by Gasteiger charge is -2.02. The maximum absolute atomic E-state index is 11.2. The summed E-state index contributed by atoms with van der Waals surface area (Å²) in [6, 6.07) is 0.838. The van der Waals surface area contributed by atoms with E-state index in [9.17, 15) is 9.59 Å². The lowest BCUT2D eigenvalue weighted by atomic mass is 10.4. The lowest BCUT2D eigenvalue weighted by molar-refractivity contribution is -0.113. The van der Waals surface area contributed by atoms with E-state index in [0.29, 0.717) is 6.54 Å². The van der Waals surface area contributed by atoms with Crippen LogP contribution in [0.4, 0.5) is 4.79 Å². The molecular formula is C8H12N4O3. The number of rotatable bonds is 4. The normalized spacial score (nSPS) is 10.1. The Morgan fingerprint density at radius 1 is 1.47 bits per heavy atom. The first-order chi connectivity index (χ1) is 7.15. The van der Waals surface area contributed by atoms with Gasteiger partial charge in [-0.15, -0.1) is 0 Å². The first-order valence-corrected chi connectivity index (χ1v) is 4.34. The molecule has 82 valence electrons. The van der Waals surface area contributed by atoms with Crippen LogP contribution in [0.15, 0.2) is 5.16 Å². The number of carbonyl (C=O) groups excluding carboxylic acids is 2. The predicted octanol–water partition coefficient (Wildman–Crippen LogP) is -0.252. The number of urea groups is 1. The van der Waals surface area contributed by atoms with Crippen molar-refractivity contribution in [3.05, 3.63) is 0 Å². The van der Waals surface area contributed by atoms with E-state index in [0.717, 1.165) is 0 Å². The van der Waals surface area contributed by atoms with Crippen molar-refractivity contribution in [3.8, 4) is 6.07 Å². The average molecular weight is 212 g/mol. The van der Waals surface area contributed by atoms with Crippen LogP contribution in [0, 0.1) is 11.3 Å². The quantitative estimate of drug-likeness (QED) is 0.495. The maximum atomic E-state index is 11.2. The molecular weight excluding hydrogens is 200 g/mol. The number of hydrogen-bond acceptors (Lipinski definition) is 5. The van der Waals surface area contributed by atoms with Gasteiger partial charge in [-0.05, 0) is 13.8 Å². The van der Waals surface area contributed by atoms with Gasteiger partial charge in [-0.2, -0.15) is 5.26 Å². The summed E-state index contributed by atoms with van der Waals surface area (Å²) in [6.45, 7) is 3.97. The van der Waals surface area contributed by atoms with E-state index in [1.165, 1.54) is 6.07 Å². The minimum Gasteiger partial charge on any atom is -0.395 e. The number of hydrogen-bond donors (Lipinski definition) is 2. The Kier molecular flexibility index (Phi) is 6.29. The molecule has 0 atom stereocenters. The van der Waals surface area contributed by atoms with Crippen LogP contribution in [0.25, 0.3) is 0 Å². The van der Waals surface area contributed by atoms with Crippen molar-refractivity contribution in [2.24, 2.45) is 5.16 Å². The Balaban J connectivity index is 4.30. The second-order valence-electron chi connectivity index (χ2n) is 2.28. The summed E-state index contributed by atoms with van der Waals surface area (Å²) >= 11 is 0. The Labute approximate surface area is 87.1 Å². The zero-order valence-electron chi connectivity index (χ0n) is 8.53. The summed E-state index contributed by atoms with van der Waals surface area (Å²) in [5.74, 6) is -0.892. The summed E-state index contributed by atoms with van der Waals surface area (Å²) in [4.78, 5) is 26.6. The van der Waals surface area contributed by atoms with Gasteiger partial charge in [0.2, 0.25) is 5.71 Å². The molecule has 0 saturated carbocycles. The summed E-state index contributed by atoms with van der Waals surface area (Å²) in [6.07, 6.45) is 0. The maximum Gasteiger partial charge on any atom is 0.321 e. The number of nitrogens with zero attached hydrogens (tertiary/aromatic N) is 2. The second kappa shape index (κ2) is 7.32. The molecule has 0 aliphatic rings. The highest BCUT2D eigenvalue weighted by Gasteiger charge is 2.14. The summed E-state index contributed by atoms with van der Waals surface area (Å²) < 4.78 is 0. The highest BCUT2D eigenvalue weighted by Crippen LogP contribution is 1.82. The predicted molar refractivity (Wildman–Crippen MR) is 51.9 cm³/mol. The molecule has 0 heterocycles. The Morgan fingerprint density at radius 3 is 2.60 bits per heavy atom. The van der Waals surface area contributed by atoms with Crippen LogP contribution >= 0.6 is 0 Å². The molecule has 0 radical (unpaired) electrons. The molecule has 3 amide bonds. The van der Waals surface area contributed by atoms with Crippen LogP contribution in [0.5, 0.6) is 0 Å². The van der Waals surface area contributed by atoms with Crippen LogP contribution in [-0.4, -0.2) is 30.8 Å². The largest absolute Gasteiger partial charge is 0.395 e. The van der Waals surface area contributed by atoms with Crippen molar-refractivity contribution < 1.29 is 14.4 Å². The van der Waals surface area contributed by atoms with Gasteiger partial charge in [0.1, 0.15) is 12.7 Å². The molecule has 0 spiro atoms. The fourth-order valence-electron chi connectivity index (χ4n) is 0.609. The number of nitrogens with one attached hydrogen (secondary N) is 2. The van der Waals surface area contributed by atoms with E-state index in [1.807, 2.05) is 5.32 Å². The summed E-state index contributed by atoms with van der Waals surface area (Å²) in [5.41, 5.74) is -0.497. The van der Waals surface area contributed by atoms with E-state index in [-0.39, 0.29) is 6.61 Å². The van der Waals surface area contributed by atoms with Gasteiger partial charge >= 0.3 is 6.03 Å². The molecule has 7 nitrogen and oxygen atoms in total. The van der Waals surface area contributed by atoms with Crippen molar-refractivity contribution >= 4 is 17.6 Å². The van der Waals surface area contributed by atoms with E-state index >= 15 is 0 Å². The number of oxime groups is 1. The van der Waals surface area contributed by atoms with Crippen LogP contribution in [0.1, 0.15) is 13.8 Å². The summed E-state index contributed by atoms with van der Waals surface area (Å²) in [5, 5.41) is 16.0. The van der Waals surface area contributed by atoms with Crippen molar-refractivity contribution in [1.29, 1.82) is 5.26 Å². The fourth-order valence-corrected chi connectivity index (χ4v) is 0.609. The van der Waals surface area contributed by atoms with Gasteiger partial charge in [0.15, 0.2) is 0 Å². The fraction of sp³-hybridized carbons (Fsp3) is 0.500. The minimum atomic E-state index is -0.892. The van der Waals surface area contributed by atoms with Gasteiger partial charge in [-0.1, -0.05) is 5.16 Å². The molecule has 0 unspecified atom stereocenters. The molecule has 0 aliphatic carbocycles. The zero-order chi connectivity index (χ0) is 11.7. The van der Waals surface area contributed by atoms with E-state index in [1.54, 1.807) is 13.8 Å². The molecule has 0 fully saturated rings. The van der Waals surface area contributed by atoms with Crippen LogP contribution in [-0.2, 0) is 9.63 Å². The minimum absolute atomic E-state index is 0.236. The van der Waals surface area contributed by atoms with Gasteiger partial charge in [-0.3, -0.25) is 10.1 Å². The average Bonchev–Trinajstić information content (AvgIpc) is 2.19. The molecule has 0 rings (SSSR count). The van der Waals surface area contributed by atoms with Crippen molar-refractivity contribution in [1.82, 2.24) is 10.6 Å². The highest BCUT2D eigenvalue weighted by atomic mass is 16.6. The Morgan fingerprint density at radius 2 is 2.13 bits per heavy atom. The van der Waals surface area contributed by atoms with E-state index < -0.39 is 17.6 Å². The van der Waals surface area contributed by atoms with Crippen LogP contribution < -0.4 is 10.6 Å². The molecule has 0 aliphatic heterocycles. The van der Waals surface area contributed by atoms with Crippen molar-refractivity contribution in [2.45, 2.75) is 13.8 Å². The molecule has 0 bridgehead atoms. The Hall–Kier alpha value is -2.10. The van der Waals surface area contributed by atoms with Crippen LogP contribution in [0.3, 0.4) is 0 Å². The Bertz CT molecular complexity index is 305. The first kappa shape index (κ1) is 12.9. The van der Waals surface area contributed by atoms with E-state index in [4.69, 9.17) is 5.26 Å². The third-order valence-electron chi connectivity index (χ3n) is 1.17. The zero-order valence-corrected chi connectivity index (χ0v) is 8.53. The number of amides is 3. The van der Waals surface area contributed by atoms with Crippen molar-refractivity contribution in [3.63, 3.8) is 0 Å². The van der Waals surface area contributed by atoms with Gasteiger partial charge < -0.3 is 10.2 Å². The molecule has 15 heavy (non-hydrogen) atoms. The number of nitriles is 1. The molecule has 0 saturated heterocycles. The van der Waals surface area contributed by atoms with Gasteiger partial charge in [0.05, 0.1) is 0 Å². The van der Waals surface area contributed by atoms with E-state index in [2.05, 4.69) is 15.3 Å². The third kappa shape index (κ3) is 5.25. The summed E-state index contributed by atoms with van der Waals surface area (Å²) in [7, 11) is 0. The topological polar surface area (TPSA) is 104 Å². The highest BCUT2D eigenvalue weighted by molar-refractivity contribution is 6.46. The number of imide groups is 1. The van der Waals surface area contributed by atoms with Gasteiger partial charge in [0.25, 0.3) is 5.91 Å². The smallest absolute Gasteiger partial charge is 0.321 e. The molecule has 0 aromatic rings. The molecule has 0 aromatic heterocycles. The van der Waals surface area contributed by atoms with Crippen LogP contribution in [0.2, 0.25) is 0 Å². The lowest BCUT2D eigenvalue weighted by Crippen LogP contribution is -2.42. The number of carbonyl (C=O) groups is 2. The third-order valence-corrected chi connectivity index (χ3v) is 1.17. The monoisotopic (exact) mass is 212 g/mol. The van der Waals surface area contributed by atoms with Crippen molar-refractivity contribution in [2.75, 3.05) is 13.2 Å². The standard InChI is InChI=1S/C8H12N4O3/c1-3-10-8(14)11-7(13)6(5-9)12-15-4-2/h3-4H2,1-2H3,(H2,10,11,13,14)/b12-6+. The first-order valence-electron chi connectivity index (χ1n) is 4.34. The molecule has 2 N–H and O–H groups in total. The van der Waals surface area contributed by atoms with Gasteiger partial charge in [0, 0.05) is 6.54 Å². The molecule has 7 heteroatoms. The molecule has 0 aromatic carbocycles. The SMILES string of the molecule is CCNC(=O)NC(=O)/C(C#N)=N/OCC. The van der Waals surface area contributed by atoms with Gasteiger partial charge in [-0.25, -0.2) is 4.79 Å².